The molecule has 19 heavy (non-hydrogen) atoms. The molecule has 1 saturated carbocycles. The number of carbonyl (C=O) groups is 1. The zero-order chi connectivity index (χ0) is 13.9. The molecule has 104 valence electrons. The minimum Gasteiger partial charge on any atom is -0.508 e. The van der Waals surface area contributed by atoms with Crippen LogP contribution in [0.3, 0.4) is 0 Å². The molecule has 0 spiro atoms. The van der Waals surface area contributed by atoms with Gasteiger partial charge in [0.15, 0.2) is 0 Å². The van der Waals surface area contributed by atoms with Gasteiger partial charge in [-0.1, -0.05) is 25.0 Å². The number of hydrogen-bond acceptors (Lipinski definition) is 2. The standard InChI is InChI=1S/C15H20ClNO2/c1-15(17-14(19)10-16)9-3-2-4-13(15)11-5-7-12(18)8-6-11/h5-8,13,18H,2-4,9-10H2,1H3,(H,17,19)/t13-,15+/m1/s1. The zero-order valence-electron chi connectivity index (χ0n) is 11.2. The van der Waals surface area contributed by atoms with Crippen LogP contribution in [0.15, 0.2) is 24.3 Å². The molecule has 1 aliphatic rings. The van der Waals surface area contributed by atoms with E-state index in [1.54, 1.807) is 12.1 Å². The number of rotatable bonds is 3. The van der Waals surface area contributed by atoms with Crippen molar-refractivity contribution in [2.45, 2.75) is 44.1 Å². The maximum atomic E-state index is 11.6. The molecule has 0 radical (unpaired) electrons. The number of carbonyl (C=O) groups excluding carboxylic acids is 1. The molecule has 1 fully saturated rings. The van der Waals surface area contributed by atoms with Crippen LogP contribution in [0.25, 0.3) is 0 Å². The van der Waals surface area contributed by atoms with Crippen molar-refractivity contribution in [3.63, 3.8) is 0 Å². The highest BCUT2D eigenvalue weighted by molar-refractivity contribution is 6.27. The van der Waals surface area contributed by atoms with Crippen LogP contribution in [0, 0.1) is 0 Å². The van der Waals surface area contributed by atoms with Crippen molar-refractivity contribution in [3.8, 4) is 5.75 Å². The Hall–Kier alpha value is -1.22. The second kappa shape index (κ2) is 5.83. The van der Waals surface area contributed by atoms with Gasteiger partial charge < -0.3 is 10.4 Å². The Balaban J connectivity index is 2.24. The topological polar surface area (TPSA) is 49.3 Å². The van der Waals surface area contributed by atoms with Gasteiger partial charge in [-0.3, -0.25) is 4.79 Å². The quantitative estimate of drug-likeness (QED) is 0.836. The van der Waals surface area contributed by atoms with E-state index in [1.807, 2.05) is 12.1 Å². The molecule has 0 heterocycles. The Morgan fingerprint density at radius 1 is 1.42 bits per heavy atom. The summed E-state index contributed by atoms with van der Waals surface area (Å²) in [6, 6.07) is 7.29. The third-order valence-corrected chi connectivity index (χ3v) is 4.29. The number of phenolic OH excluding ortho intramolecular Hbond substituents is 1. The van der Waals surface area contributed by atoms with Crippen LogP contribution in [0.2, 0.25) is 0 Å². The largest absolute Gasteiger partial charge is 0.508 e. The molecule has 0 unspecified atom stereocenters. The molecule has 3 nitrogen and oxygen atoms in total. The SMILES string of the molecule is C[C@]1(NC(=O)CCl)CCCC[C@@H]1c1ccc(O)cc1. The van der Waals surface area contributed by atoms with E-state index in [2.05, 4.69) is 12.2 Å². The Labute approximate surface area is 119 Å². The van der Waals surface area contributed by atoms with Gasteiger partial charge in [-0.05, 0) is 37.5 Å². The molecule has 2 N–H and O–H groups in total. The van der Waals surface area contributed by atoms with Gasteiger partial charge in [0.2, 0.25) is 5.91 Å². The van der Waals surface area contributed by atoms with E-state index in [0.717, 1.165) is 31.2 Å². The second-order valence-electron chi connectivity index (χ2n) is 5.49. The van der Waals surface area contributed by atoms with Crippen molar-refractivity contribution < 1.29 is 9.90 Å². The molecule has 2 atom stereocenters. The number of nitrogens with one attached hydrogen (secondary N) is 1. The third kappa shape index (κ3) is 3.21. The van der Waals surface area contributed by atoms with Crippen molar-refractivity contribution in [3.05, 3.63) is 29.8 Å². The van der Waals surface area contributed by atoms with Crippen LogP contribution < -0.4 is 5.32 Å². The fourth-order valence-electron chi connectivity index (χ4n) is 3.08. The average Bonchev–Trinajstić information content (AvgIpc) is 2.40. The summed E-state index contributed by atoms with van der Waals surface area (Å²) in [6.07, 6.45) is 4.29. The van der Waals surface area contributed by atoms with Gasteiger partial charge in [-0.15, -0.1) is 11.6 Å². The molecule has 0 aliphatic heterocycles. The van der Waals surface area contributed by atoms with Crippen LogP contribution in [-0.2, 0) is 4.79 Å². The maximum absolute atomic E-state index is 11.6. The number of hydrogen-bond donors (Lipinski definition) is 2. The summed E-state index contributed by atoms with van der Waals surface area (Å²) in [4.78, 5) is 11.6. The average molecular weight is 282 g/mol. The van der Waals surface area contributed by atoms with Gasteiger partial charge in [-0.25, -0.2) is 0 Å². The lowest BCUT2D eigenvalue weighted by molar-refractivity contribution is -0.121. The Morgan fingerprint density at radius 2 is 2.11 bits per heavy atom. The van der Waals surface area contributed by atoms with Gasteiger partial charge in [0.1, 0.15) is 11.6 Å². The molecule has 1 aromatic rings. The van der Waals surface area contributed by atoms with Crippen LogP contribution in [0.4, 0.5) is 0 Å². The molecule has 2 rings (SSSR count). The number of amides is 1. The summed E-state index contributed by atoms with van der Waals surface area (Å²) in [5.74, 6) is 0.424. The Kier molecular flexibility index (Phi) is 4.35. The zero-order valence-corrected chi connectivity index (χ0v) is 11.9. The first-order chi connectivity index (χ1) is 9.05. The number of alkyl halides is 1. The summed E-state index contributed by atoms with van der Waals surface area (Å²) in [7, 11) is 0. The molecular formula is C15H20ClNO2. The summed E-state index contributed by atoms with van der Waals surface area (Å²) in [5.41, 5.74) is 0.913. The normalized spacial score (nSPS) is 26.9. The van der Waals surface area contributed by atoms with Crippen molar-refractivity contribution in [1.82, 2.24) is 5.32 Å². The van der Waals surface area contributed by atoms with Crippen LogP contribution in [0.1, 0.15) is 44.1 Å². The first kappa shape index (κ1) is 14.2. The lowest BCUT2D eigenvalue weighted by Gasteiger charge is -2.42. The van der Waals surface area contributed by atoms with E-state index in [4.69, 9.17) is 11.6 Å². The molecule has 0 saturated heterocycles. The van der Waals surface area contributed by atoms with Crippen molar-refractivity contribution in [2.24, 2.45) is 0 Å². The lowest BCUT2D eigenvalue weighted by atomic mass is 9.70. The van der Waals surface area contributed by atoms with Crippen molar-refractivity contribution in [2.75, 3.05) is 5.88 Å². The van der Waals surface area contributed by atoms with Gasteiger partial charge in [0, 0.05) is 11.5 Å². The predicted octanol–water partition coefficient (Wildman–Crippen LogP) is 3.16. The molecule has 1 amide bonds. The highest BCUT2D eigenvalue weighted by Crippen LogP contribution is 2.41. The molecule has 1 aromatic carbocycles. The number of benzene rings is 1. The summed E-state index contributed by atoms with van der Waals surface area (Å²) >= 11 is 5.60. The van der Waals surface area contributed by atoms with Crippen molar-refractivity contribution in [1.29, 1.82) is 0 Å². The lowest BCUT2D eigenvalue weighted by Crippen LogP contribution is -2.52. The Morgan fingerprint density at radius 3 is 2.74 bits per heavy atom. The molecule has 1 aliphatic carbocycles. The summed E-state index contributed by atoms with van der Waals surface area (Å²) in [6.45, 7) is 2.09. The Bertz CT molecular complexity index is 446. The fourth-order valence-corrected chi connectivity index (χ4v) is 3.14. The monoisotopic (exact) mass is 281 g/mol. The minimum atomic E-state index is -0.249. The number of halogens is 1. The van der Waals surface area contributed by atoms with Gasteiger partial charge >= 0.3 is 0 Å². The number of aromatic hydroxyl groups is 1. The molecule has 4 heteroatoms. The summed E-state index contributed by atoms with van der Waals surface area (Å²) in [5, 5.41) is 12.5. The van der Waals surface area contributed by atoms with Crippen LogP contribution in [-0.4, -0.2) is 22.4 Å². The first-order valence-electron chi connectivity index (χ1n) is 6.71. The second-order valence-corrected chi connectivity index (χ2v) is 5.76. The van der Waals surface area contributed by atoms with Gasteiger partial charge in [-0.2, -0.15) is 0 Å². The highest BCUT2D eigenvalue weighted by atomic mass is 35.5. The van der Waals surface area contributed by atoms with E-state index in [1.165, 1.54) is 0 Å². The molecule has 0 bridgehead atoms. The smallest absolute Gasteiger partial charge is 0.235 e. The van der Waals surface area contributed by atoms with Crippen LogP contribution >= 0.6 is 11.6 Å². The van der Waals surface area contributed by atoms with Gasteiger partial charge in [0.25, 0.3) is 0 Å². The maximum Gasteiger partial charge on any atom is 0.235 e. The van der Waals surface area contributed by atoms with E-state index in [0.29, 0.717) is 0 Å². The van der Waals surface area contributed by atoms with E-state index in [9.17, 15) is 9.90 Å². The van der Waals surface area contributed by atoms with Crippen molar-refractivity contribution >= 4 is 17.5 Å². The first-order valence-corrected chi connectivity index (χ1v) is 7.24. The van der Waals surface area contributed by atoms with E-state index < -0.39 is 0 Å². The predicted molar refractivity (Wildman–Crippen MR) is 76.6 cm³/mol. The molecular weight excluding hydrogens is 262 g/mol. The molecule has 0 aromatic heterocycles. The van der Waals surface area contributed by atoms with Gasteiger partial charge in [0.05, 0.1) is 0 Å². The van der Waals surface area contributed by atoms with E-state index >= 15 is 0 Å². The number of phenols is 1. The minimum absolute atomic E-state index is 0.00210. The summed E-state index contributed by atoms with van der Waals surface area (Å²) < 4.78 is 0. The fraction of sp³-hybridized carbons (Fsp3) is 0.533. The highest BCUT2D eigenvalue weighted by Gasteiger charge is 2.38. The van der Waals surface area contributed by atoms with E-state index in [-0.39, 0.29) is 29.0 Å². The third-order valence-electron chi connectivity index (χ3n) is 4.05. The van der Waals surface area contributed by atoms with Crippen LogP contribution in [0.5, 0.6) is 5.75 Å².